The van der Waals surface area contributed by atoms with Crippen LogP contribution in [-0.4, -0.2) is 16.0 Å². The number of thioether (sulfide) groups is 1. The summed E-state index contributed by atoms with van der Waals surface area (Å²) in [7, 11) is 0. The van der Waals surface area contributed by atoms with E-state index in [2.05, 4.69) is 11.1 Å². The normalized spacial score (nSPS) is 11.4. The number of carbonyl (C=O) groups is 1. The Hall–Kier alpha value is -2.54. The molecule has 1 aromatic heterocycles. The molecule has 5 nitrogen and oxygen atoms in total. The molecule has 0 radical (unpaired) electrons. The predicted molar refractivity (Wildman–Crippen MR) is 94.5 cm³/mol. The molecule has 24 heavy (non-hydrogen) atoms. The van der Waals surface area contributed by atoms with Gasteiger partial charge in [0, 0.05) is 16.1 Å². The fourth-order valence-electron chi connectivity index (χ4n) is 2.07. The lowest BCUT2D eigenvalue weighted by Crippen LogP contribution is -2.10. The summed E-state index contributed by atoms with van der Waals surface area (Å²) in [6, 6.07) is 11.0. The van der Waals surface area contributed by atoms with Crippen LogP contribution >= 0.6 is 23.4 Å². The average Bonchev–Trinajstić information content (AvgIpc) is 2.54. The average molecular weight is 357 g/mol. The Labute approximate surface area is 149 Å². The number of rotatable bonds is 4. The zero-order valence-electron chi connectivity index (χ0n) is 13.0. The van der Waals surface area contributed by atoms with E-state index in [0.29, 0.717) is 21.2 Å². The van der Waals surface area contributed by atoms with Crippen molar-refractivity contribution in [1.29, 1.82) is 10.5 Å². The molecule has 0 fully saturated rings. The molecule has 120 valence electrons. The number of nitrogen functional groups attached to an aromatic ring is 1. The van der Waals surface area contributed by atoms with Crippen LogP contribution in [0.3, 0.4) is 0 Å². The lowest BCUT2D eigenvalue weighted by atomic mass is 9.97. The van der Waals surface area contributed by atoms with Crippen LogP contribution in [0, 0.1) is 22.7 Å². The van der Waals surface area contributed by atoms with Crippen molar-refractivity contribution in [2.24, 2.45) is 0 Å². The molecule has 2 rings (SSSR count). The zero-order chi connectivity index (χ0) is 17.9. The van der Waals surface area contributed by atoms with Crippen LogP contribution in [0.25, 0.3) is 11.1 Å². The van der Waals surface area contributed by atoms with Gasteiger partial charge < -0.3 is 5.73 Å². The van der Waals surface area contributed by atoms with Crippen molar-refractivity contribution in [3.05, 3.63) is 40.4 Å². The minimum atomic E-state index is -0.393. The number of carbonyl (C=O) groups excluding carboxylic acids is 1. The maximum absolute atomic E-state index is 11.5. The van der Waals surface area contributed by atoms with Crippen molar-refractivity contribution in [2.75, 3.05) is 5.73 Å². The third-order valence-electron chi connectivity index (χ3n) is 3.42. The first-order valence-electron chi connectivity index (χ1n) is 6.96. The van der Waals surface area contributed by atoms with Crippen molar-refractivity contribution >= 4 is 35.0 Å². The highest BCUT2D eigenvalue weighted by molar-refractivity contribution is 8.00. The van der Waals surface area contributed by atoms with Gasteiger partial charge in [-0.25, -0.2) is 4.98 Å². The van der Waals surface area contributed by atoms with E-state index in [1.54, 1.807) is 31.2 Å². The van der Waals surface area contributed by atoms with Crippen LogP contribution < -0.4 is 5.73 Å². The van der Waals surface area contributed by atoms with Gasteiger partial charge in [0.05, 0.1) is 10.8 Å². The topological polar surface area (TPSA) is 104 Å². The first-order valence-corrected chi connectivity index (χ1v) is 8.22. The molecule has 0 amide bonds. The number of nitrogens with two attached hydrogens (primary N) is 1. The van der Waals surface area contributed by atoms with Gasteiger partial charge in [-0.1, -0.05) is 41.6 Å². The number of ketones is 1. The van der Waals surface area contributed by atoms with Gasteiger partial charge in [-0.15, -0.1) is 0 Å². The molecule has 0 saturated carbocycles. The Morgan fingerprint density at radius 1 is 1.29 bits per heavy atom. The number of nitriles is 2. The van der Waals surface area contributed by atoms with Crippen molar-refractivity contribution in [2.45, 2.75) is 24.1 Å². The molecule has 0 aliphatic carbocycles. The summed E-state index contributed by atoms with van der Waals surface area (Å²) in [5.41, 5.74) is 7.07. The van der Waals surface area contributed by atoms with Gasteiger partial charge in [-0.2, -0.15) is 10.5 Å². The summed E-state index contributed by atoms with van der Waals surface area (Å²) >= 11 is 7.37. The van der Waals surface area contributed by atoms with E-state index in [1.165, 1.54) is 6.92 Å². The number of aromatic nitrogens is 1. The van der Waals surface area contributed by atoms with Crippen LogP contribution in [0.1, 0.15) is 25.0 Å². The van der Waals surface area contributed by atoms with E-state index >= 15 is 0 Å². The van der Waals surface area contributed by atoms with Crippen molar-refractivity contribution in [3.8, 4) is 23.3 Å². The maximum atomic E-state index is 11.5. The minimum absolute atomic E-state index is 0.00433. The molecule has 7 heteroatoms. The third kappa shape index (κ3) is 3.35. The fourth-order valence-corrected chi connectivity index (χ4v) is 3.21. The predicted octanol–water partition coefficient (Wildman–Crippen LogP) is 3.80. The van der Waals surface area contributed by atoms with Gasteiger partial charge in [0.2, 0.25) is 0 Å². The molecule has 2 aromatic rings. The number of hydrogen-bond acceptors (Lipinski definition) is 6. The van der Waals surface area contributed by atoms with Crippen LogP contribution in [0.4, 0.5) is 5.82 Å². The Balaban J connectivity index is 2.80. The quantitative estimate of drug-likeness (QED) is 0.835. The van der Waals surface area contributed by atoms with Gasteiger partial charge in [-0.3, -0.25) is 4.79 Å². The molecular formula is C17H13ClN4OS. The summed E-state index contributed by atoms with van der Waals surface area (Å²) in [6.07, 6.45) is 0. The molecule has 0 aliphatic rings. The van der Waals surface area contributed by atoms with E-state index in [1.807, 2.05) is 6.07 Å². The minimum Gasteiger partial charge on any atom is -0.383 e. The van der Waals surface area contributed by atoms with Crippen molar-refractivity contribution in [3.63, 3.8) is 0 Å². The number of hydrogen-bond donors (Lipinski definition) is 1. The van der Waals surface area contributed by atoms with Gasteiger partial charge in [0.15, 0.2) is 0 Å². The second kappa shape index (κ2) is 7.35. The molecule has 2 N–H and O–H groups in total. The molecule has 0 saturated heterocycles. The number of halogens is 1. The van der Waals surface area contributed by atoms with Crippen LogP contribution in [0.2, 0.25) is 5.02 Å². The smallest absolute Gasteiger partial charge is 0.143 e. The third-order valence-corrected chi connectivity index (χ3v) is 4.95. The number of anilines is 1. The Morgan fingerprint density at radius 3 is 2.46 bits per heavy atom. The summed E-state index contributed by atoms with van der Waals surface area (Å²) in [5, 5.41) is 19.4. The molecular weight excluding hydrogens is 344 g/mol. The number of benzene rings is 1. The van der Waals surface area contributed by atoms with Crippen LogP contribution in [0.5, 0.6) is 0 Å². The number of nitrogens with zero attached hydrogens (tertiary/aromatic N) is 3. The van der Waals surface area contributed by atoms with E-state index in [9.17, 15) is 15.3 Å². The second-order valence-electron chi connectivity index (χ2n) is 5.00. The van der Waals surface area contributed by atoms with Gasteiger partial charge in [-0.05, 0) is 19.9 Å². The molecule has 0 spiro atoms. The maximum Gasteiger partial charge on any atom is 0.143 e. The summed E-state index contributed by atoms with van der Waals surface area (Å²) in [5.74, 6) is -0.0439. The Kier molecular flexibility index (Phi) is 5.46. The Bertz CT molecular complexity index is 899. The van der Waals surface area contributed by atoms with Gasteiger partial charge in [0.1, 0.15) is 34.3 Å². The lowest BCUT2D eigenvalue weighted by molar-refractivity contribution is -0.116. The molecule has 1 atom stereocenters. The fraction of sp³-hybridized carbons (Fsp3) is 0.176. The number of pyridine rings is 1. The largest absolute Gasteiger partial charge is 0.383 e. The second-order valence-corrected chi connectivity index (χ2v) is 6.74. The molecule has 1 unspecified atom stereocenters. The van der Waals surface area contributed by atoms with Gasteiger partial charge >= 0.3 is 0 Å². The molecule has 0 aliphatic heterocycles. The summed E-state index contributed by atoms with van der Waals surface area (Å²) < 4.78 is 0. The highest BCUT2D eigenvalue weighted by atomic mass is 35.5. The van der Waals surface area contributed by atoms with Crippen molar-refractivity contribution in [1.82, 2.24) is 4.98 Å². The standard InChI is InChI=1S/C17H13ClN4OS/c1-9(23)10(2)24-17-13(8-20)15(12(7-19)16(21)22-17)11-5-3-4-6-14(11)18/h3-6,10H,1-2H3,(H2,21,22). The first kappa shape index (κ1) is 17.8. The first-order chi connectivity index (χ1) is 11.4. The van der Waals surface area contributed by atoms with Crippen LogP contribution in [-0.2, 0) is 4.79 Å². The highest BCUT2D eigenvalue weighted by Gasteiger charge is 2.23. The molecule has 0 bridgehead atoms. The van der Waals surface area contributed by atoms with E-state index in [-0.39, 0.29) is 22.7 Å². The van der Waals surface area contributed by atoms with Gasteiger partial charge in [0.25, 0.3) is 0 Å². The zero-order valence-corrected chi connectivity index (χ0v) is 14.6. The Morgan fingerprint density at radius 2 is 1.92 bits per heavy atom. The van der Waals surface area contributed by atoms with E-state index < -0.39 is 5.25 Å². The highest BCUT2D eigenvalue weighted by Crippen LogP contribution is 2.39. The number of Topliss-reactive ketones (excluding diaryl/α,β-unsaturated/α-hetero) is 1. The molecule has 1 aromatic carbocycles. The van der Waals surface area contributed by atoms with Crippen LogP contribution in [0.15, 0.2) is 29.3 Å². The lowest BCUT2D eigenvalue weighted by Gasteiger charge is -2.15. The SMILES string of the molecule is CC(=O)C(C)Sc1nc(N)c(C#N)c(-c2ccccc2Cl)c1C#N. The van der Waals surface area contributed by atoms with E-state index in [0.717, 1.165) is 11.8 Å². The molecule has 1 heterocycles. The van der Waals surface area contributed by atoms with E-state index in [4.69, 9.17) is 17.3 Å². The summed E-state index contributed by atoms with van der Waals surface area (Å²) in [6.45, 7) is 3.19. The summed E-state index contributed by atoms with van der Waals surface area (Å²) in [4.78, 5) is 15.7. The van der Waals surface area contributed by atoms with Crippen molar-refractivity contribution < 1.29 is 4.79 Å². The monoisotopic (exact) mass is 356 g/mol.